The molecule has 1 aliphatic rings. The monoisotopic (exact) mass is 242 g/mol. The Morgan fingerprint density at radius 3 is 2.17 bits per heavy atom. The zero-order chi connectivity index (χ0) is 7.56. The fourth-order valence-electron chi connectivity index (χ4n) is 1.73. The van der Waals surface area contributed by atoms with Crippen molar-refractivity contribution in [2.45, 2.75) is 40.0 Å². The van der Waals surface area contributed by atoms with Gasteiger partial charge in [-0.1, -0.05) is 45.4 Å². The fraction of sp³-hybridized carbons (Fsp3) is 0.900. The zero-order valence-corrected chi connectivity index (χ0v) is 11.5. The Labute approximate surface area is 104 Å². The summed E-state index contributed by atoms with van der Waals surface area (Å²) < 4.78 is 0. The third kappa shape index (κ3) is 5.08. The van der Waals surface area contributed by atoms with E-state index in [4.69, 9.17) is 0 Å². The Morgan fingerprint density at radius 2 is 1.83 bits per heavy atom. The van der Waals surface area contributed by atoms with E-state index in [2.05, 4.69) is 27.2 Å². The molecule has 0 aromatic rings. The Bertz CT molecular complexity index is 96.0. The molecule has 2 heteroatoms. The molecule has 0 aromatic heterocycles. The second-order valence-electron chi connectivity index (χ2n) is 4.06. The van der Waals surface area contributed by atoms with Crippen LogP contribution >= 0.6 is 0 Å². The summed E-state index contributed by atoms with van der Waals surface area (Å²) in [4.78, 5) is 0. The van der Waals surface area contributed by atoms with Crippen molar-refractivity contribution < 1.29 is 17.0 Å². The van der Waals surface area contributed by atoms with Crippen molar-refractivity contribution in [3.63, 3.8) is 0 Å². The fourth-order valence-corrected chi connectivity index (χ4v) is 1.73. The first kappa shape index (κ1) is 15.7. The van der Waals surface area contributed by atoms with Gasteiger partial charge in [0.25, 0.3) is 0 Å². The number of rotatable bonds is 1. The normalized spacial score (nSPS) is 29.0. The first-order valence-corrected chi connectivity index (χ1v) is 4.53. The Kier molecular flexibility index (Phi) is 9.99. The second-order valence-corrected chi connectivity index (χ2v) is 4.06. The molecule has 2 unspecified atom stereocenters. The van der Waals surface area contributed by atoms with Gasteiger partial charge in [0.15, 0.2) is 0 Å². The number of hydrogen-bond acceptors (Lipinski definition) is 0. The van der Waals surface area contributed by atoms with Crippen LogP contribution in [0.3, 0.4) is 0 Å². The van der Waals surface area contributed by atoms with Crippen LogP contribution in [0.25, 0.3) is 0 Å². The summed E-state index contributed by atoms with van der Waals surface area (Å²) in [6.45, 7) is 7.02. The Hall–Kier alpha value is 1.25. The van der Waals surface area contributed by atoms with Crippen LogP contribution in [0.4, 0.5) is 0 Å². The van der Waals surface area contributed by atoms with E-state index in [9.17, 15) is 0 Å². The predicted molar refractivity (Wildman–Crippen MR) is 51.4 cm³/mol. The molecule has 0 spiro atoms. The van der Waals surface area contributed by atoms with Gasteiger partial charge in [-0.2, -0.15) is 12.3 Å². The van der Waals surface area contributed by atoms with Gasteiger partial charge < -0.3 is 23.4 Å². The molecular formula is C10H19BrMg. The molecule has 0 nitrogen and oxygen atoms in total. The molecule has 68 valence electrons. The van der Waals surface area contributed by atoms with Crippen molar-refractivity contribution in [2.24, 2.45) is 17.8 Å². The maximum atomic E-state index is 2.53. The molecule has 12 heavy (non-hydrogen) atoms. The van der Waals surface area contributed by atoms with E-state index in [0.29, 0.717) is 0 Å². The quantitative estimate of drug-likeness (QED) is 0.446. The van der Waals surface area contributed by atoms with Gasteiger partial charge in [0.1, 0.15) is 0 Å². The van der Waals surface area contributed by atoms with Gasteiger partial charge >= 0.3 is 23.1 Å². The van der Waals surface area contributed by atoms with E-state index < -0.39 is 0 Å². The summed E-state index contributed by atoms with van der Waals surface area (Å²) in [5.74, 6) is 2.73. The van der Waals surface area contributed by atoms with E-state index in [0.717, 1.165) is 17.8 Å². The minimum atomic E-state index is 0. The number of halogens is 1. The molecule has 0 heterocycles. The molecule has 0 bridgehead atoms. The minimum absolute atomic E-state index is 0. The summed E-state index contributed by atoms with van der Waals surface area (Å²) in [5, 5.41) is 0. The van der Waals surface area contributed by atoms with Crippen LogP contribution in [0, 0.1) is 24.2 Å². The molecule has 1 fully saturated rings. The maximum absolute atomic E-state index is 2.53. The van der Waals surface area contributed by atoms with Crippen molar-refractivity contribution in [1.29, 1.82) is 0 Å². The van der Waals surface area contributed by atoms with Gasteiger partial charge in [0.05, 0.1) is 0 Å². The Morgan fingerprint density at radius 1 is 1.25 bits per heavy atom. The summed E-state index contributed by atoms with van der Waals surface area (Å²) in [7, 11) is 0. The van der Waals surface area contributed by atoms with Crippen molar-refractivity contribution in [3.8, 4) is 0 Å². The molecular weight excluding hydrogens is 224 g/mol. The summed E-state index contributed by atoms with van der Waals surface area (Å²) in [6, 6.07) is 0. The topological polar surface area (TPSA) is 0 Å². The van der Waals surface area contributed by atoms with Crippen molar-refractivity contribution in [2.75, 3.05) is 0 Å². The average molecular weight is 243 g/mol. The van der Waals surface area contributed by atoms with Crippen LogP contribution in [0.5, 0.6) is 0 Å². The molecule has 0 amide bonds. The Balaban J connectivity index is 0. The van der Waals surface area contributed by atoms with Crippen LogP contribution in [0.2, 0.25) is 0 Å². The van der Waals surface area contributed by atoms with E-state index in [1.807, 2.05) is 0 Å². The third-order valence-electron chi connectivity index (χ3n) is 2.69. The average Bonchev–Trinajstić information content (AvgIpc) is 1.88. The smallest absolute Gasteiger partial charge is 1.00 e. The van der Waals surface area contributed by atoms with Gasteiger partial charge in [-0.3, -0.25) is 0 Å². The van der Waals surface area contributed by atoms with Gasteiger partial charge in [-0.05, 0) is 0 Å². The van der Waals surface area contributed by atoms with Crippen molar-refractivity contribution >= 4 is 23.1 Å². The van der Waals surface area contributed by atoms with Crippen LogP contribution in [0.15, 0.2) is 0 Å². The molecule has 0 saturated heterocycles. The van der Waals surface area contributed by atoms with Crippen LogP contribution in [0.1, 0.15) is 40.0 Å². The van der Waals surface area contributed by atoms with Gasteiger partial charge in [-0.15, -0.1) is 0 Å². The predicted octanol–water partition coefficient (Wildman–Crippen LogP) is -0.0939. The van der Waals surface area contributed by atoms with Gasteiger partial charge in [0, 0.05) is 0 Å². The largest absolute Gasteiger partial charge is 2.00 e. The first-order valence-electron chi connectivity index (χ1n) is 4.53. The molecule has 0 aromatic carbocycles. The van der Waals surface area contributed by atoms with E-state index in [1.165, 1.54) is 19.3 Å². The van der Waals surface area contributed by atoms with E-state index in [-0.39, 0.29) is 40.0 Å². The third-order valence-corrected chi connectivity index (χ3v) is 2.69. The van der Waals surface area contributed by atoms with E-state index in [1.54, 1.807) is 0 Å². The van der Waals surface area contributed by atoms with Gasteiger partial charge in [-0.25, -0.2) is 0 Å². The zero-order valence-electron chi connectivity index (χ0n) is 8.52. The van der Waals surface area contributed by atoms with Crippen molar-refractivity contribution in [1.82, 2.24) is 0 Å². The number of hydrogen-bond donors (Lipinski definition) is 0. The summed E-state index contributed by atoms with van der Waals surface area (Å²) >= 11 is 0. The summed E-state index contributed by atoms with van der Waals surface area (Å²) in [6.07, 6.45) is 6.75. The molecule has 1 aliphatic carbocycles. The van der Waals surface area contributed by atoms with Crippen LogP contribution in [-0.4, -0.2) is 23.1 Å². The molecule has 1 saturated carbocycles. The van der Waals surface area contributed by atoms with Gasteiger partial charge in [0.2, 0.25) is 0 Å². The SMILES string of the molecule is CC1C[CH-]C(C(C)C)CC1.[Br-].[Mg+2]. The molecule has 0 aliphatic heterocycles. The van der Waals surface area contributed by atoms with Crippen molar-refractivity contribution in [3.05, 3.63) is 6.42 Å². The standard InChI is InChI=1S/C10H19.BrH.Mg/c1-8(2)10-6-4-9(3)5-7-10;;/h6,8-10H,4-5,7H2,1-3H3;1H;/q-1;;+2/p-1. The van der Waals surface area contributed by atoms with Crippen LogP contribution < -0.4 is 17.0 Å². The van der Waals surface area contributed by atoms with E-state index >= 15 is 0 Å². The summed E-state index contributed by atoms with van der Waals surface area (Å²) in [5.41, 5.74) is 0. The molecule has 0 radical (unpaired) electrons. The minimum Gasteiger partial charge on any atom is -1.00 e. The maximum Gasteiger partial charge on any atom is 2.00 e. The molecule has 1 rings (SSSR count). The second kappa shape index (κ2) is 7.63. The van der Waals surface area contributed by atoms with Crippen LogP contribution in [-0.2, 0) is 0 Å². The first-order chi connectivity index (χ1) is 4.70. The molecule has 0 N–H and O–H groups in total. The molecule has 2 atom stereocenters.